The van der Waals surface area contributed by atoms with Crippen molar-refractivity contribution < 1.29 is 23.3 Å². The van der Waals surface area contributed by atoms with Crippen molar-refractivity contribution in [3.8, 4) is 0 Å². The zero-order valence-electron chi connectivity index (χ0n) is 19.6. The topological polar surface area (TPSA) is 117 Å². The minimum atomic E-state index is -3.71. The Morgan fingerprint density at radius 1 is 1.22 bits per heavy atom. The molecule has 0 fully saturated rings. The summed E-state index contributed by atoms with van der Waals surface area (Å²) < 4.78 is 25.2. The van der Waals surface area contributed by atoms with Crippen molar-refractivity contribution in [2.45, 2.75) is 57.6 Å². The molecule has 0 saturated carbocycles. The van der Waals surface area contributed by atoms with Crippen LogP contribution in [0.5, 0.6) is 0 Å². The lowest BCUT2D eigenvalue weighted by molar-refractivity contribution is -0.120. The van der Waals surface area contributed by atoms with Crippen molar-refractivity contribution in [3.05, 3.63) is 29.3 Å². The number of amides is 3. The lowest BCUT2D eigenvalue weighted by atomic mass is 10.0. The molecule has 0 spiro atoms. The summed E-state index contributed by atoms with van der Waals surface area (Å²) in [4.78, 5) is 39.3. The predicted octanol–water partition coefficient (Wildman–Crippen LogP) is 3.23. The van der Waals surface area contributed by atoms with Crippen LogP contribution in [0.4, 0.5) is 4.79 Å². The van der Waals surface area contributed by atoms with Crippen LogP contribution in [0.25, 0.3) is 0 Å². The molecule has 1 rings (SSSR count). The Labute approximate surface area is 195 Å². The van der Waals surface area contributed by atoms with Gasteiger partial charge in [-0.2, -0.15) is 0 Å². The van der Waals surface area contributed by atoms with Crippen LogP contribution in [0, 0.1) is 5.92 Å². The van der Waals surface area contributed by atoms with E-state index in [1.165, 1.54) is 12.1 Å². The van der Waals surface area contributed by atoms with Gasteiger partial charge in [0.25, 0.3) is 5.91 Å². The van der Waals surface area contributed by atoms with E-state index in [0.29, 0.717) is 0 Å². The van der Waals surface area contributed by atoms with E-state index < -0.39 is 39.5 Å². The third-order valence-electron chi connectivity index (χ3n) is 3.74. The van der Waals surface area contributed by atoms with Crippen molar-refractivity contribution in [3.63, 3.8) is 0 Å². The zero-order valence-corrected chi connectivity index (χ0v) is 21.2. The van der Waals surface area contributed by atoms with Crippen LogP contribution in [-0.4, -0.2) is 59.3 Å². The molecular formula is C21H33ClN4O5S. The summed E-state index contributed by atoms with van der Waals surface area (Å²) in [7, 11) is -0.367. The van der Waals surface area contributed by atoms with Gasteiger partial charge in [-0.25, -0.2) is 9.00 Å². The van der Waals surface area contributed by atoms with Gasteiger partial charge in [-0.1, -0.05) is 31.5 Å². The third-order valence-corrected chi connectivity index (χ3v) is 5.81. The first-order chi connectivity index (χ1) is 14.6. The number of rotatable bonds is 8. The van der Waals surface area contributed by atoms with Gasteiger partial charge in [0.15, 0.2) is 9.92 Å². The first kappa shape index (κ1) is 27.9. The minimum Gasteiger partial charge on any atom is -0.444 e. The van der Waals surface area contributed by atoms with Crippen molar-refractivity contribution >= 4 is 39.4 Å². The molecule has 3 amide bonds. The summed E-state index contributed by atoms with van der Waals surface area (Å²) in [5.41, 5.74) is -0.763. The SMILES string of the molecule is CC(C)C[C@H](NC(=O)OC(C)(C)C)C(=O)N=S(=O)(NC(=O)CN(C)C)c1cccc(Cl)c1. The van der Waals surface area contributed by atoms with Gasteiger partial charge in [0, 0.05) is 5.02 Å². The summed E-state index contributed by atoms with van der Waals surface area (Å²) in [5.74, 6) is -1.42. The van der Waals surface area contributed by atoms with E-state index in [-0.39, 0.29) is 28.8 Å². The predicted molar refractivity (Wildman–Crippen MR) is 125 cm³/mol. The number of nitrogens with zero attached hydrogens (tertiary/aromatic N) is 2. The molecule has 0 saturated heterocycles. The molecule has 180 valence electrons. The molecule has 0 bridgehead atoms. The molecule has 1 aromatic rings. The van der Waals surface area contributed by atoms with Crippen LogP contribution in [0.3, 0.4) is 0 Å². The molecule has 0 aliphatic heterocycles. The number of benzene rings is 1. The van der Waals surface area contributed by atoms with E-state index in [1.54, 1.807) is 51.9 Å². The van der Waals surface area contributed by atoms with E-state index in [2.05, 4.69) is 14.4 Å². The van der Waals surface area contributed by atoms with E-state index in [4.69, 9.17) is 16.3 Å². The second kappa shape index (κ2) is 11.6. The van der Waals surface area contributed by atoms with Crippen LogP contribution >= 0.6 is 11.6 Å². The Morgan fingerprint density at radius 3 is 2.34 bits per heavy atom. The fourth-order valence-corrected chi connectivity index (χ4v) is 4.41. The highest BCUT2D eigenvalue weighted by atomic mass is 35.5. The van der Waals surface area contributed by atoms with Crippen molar-refractivity contribution in [2.75, 3.05) is 20.6 Å². The lowest BCUT2D eigenvalue weighted by Crippen LogP contribution is -2.44. The van der Waals surface area contributed by atoms with Gasteiger partial charge in [-0.05, 0) is 65.4 Å². The minimum absolute atomic E-state index is 0.0136. The molecule has 2 atom stereocenters. The van der Waals surface area contributed by atoms with Gasteiger partial charge in [-0.15, -0.1) is 4.36 Å². The monoisotopic (exact) mass is 488 g/mol. The summed E-state index contributed by atoms with van der Waals surface area (Å²) in [6.45, 7) is 8.76. The first-order valence-electron chi connectivity index (χ1n) is 10.1. The number of hydrogen-bond acceptors (Lipinski definition) is 6. The van der Waals surface area contributed by atoms with Gasteiger partial charge >= 0.3 is 6.09 Å². The van der Waals surface area contributed by atoms with Crippen LogP contribution in [0.15, 0.2) is 33.5 Å². The maximum atomic E-state index is 13.7. The highest BCUT2D eigenvalue weighted by Gasteiger charge is 2.28. The fraction of sp³-hybridized carbons (Fsp3) is 0.571. The quantitative estimate of drug-likeness (QED) is 0.580. The van der Waals surface area contributed by atoms with Crippen molar-refractivity contribution in [1.82, 2.24) is 14.9 Å². The molecule has 9 nitrogen and oxygen atoms in total. The molecule has 11 heteroatoms. The summed E-state index contributed by atoms with van der Waals surface area (Å²) >= 11 is 6.02. The summed E-state index contributed by atoms with van der Waals surface area (Å²) in [5, 5.41) is 2.77. The second-order valence-corrected chi connectivity index (χ2v) is 11.4. The molecule has 0 heterocycles. The summed E-state index contributed by atoms with van der Waals surface area (Å²) in [6, 6.07) is 4.85. The Kier molecular flexibility index (Phi) is 10.1. The molecule has 2 N–H and O–H groups in total. The van der Waals surface area contributed by atoms with Crippen LogP contribution < -0.4 is 10.0 Å². The van der Waals surface area contributed by atoms with E-state index in [1.807, 2.05) is 13.8 Å². The standard InChI is InChI=1S/C21H33ClN4O5S/c1-14(2)11-17(23-20(29)31-21(3,4)5)19(28)25-32(30,24-18(27)13-26(6)7)16-10-8-9-15(22)12-16/h8-10,12,14,17H,11,13H2,1-7H3,(H,23,29)(H,24,25,27,28,30)/t17-,32?/m0/s1. The zero-order chi connectivity index (χ0) is 24.7. The second-order valence-electron chi connectivity index (χ2n) is 9.00. The number of likely N-dealkylation sites (N-methyl/N-ethyl adjacent to an activating group) is 1. The molecule has 0 radical (unpaired) electrons. The normalized spacial score (nSPS) is 14.4. The van der Waals surface area contributed by atoms with Crippen molar-refractivity contribution in [2.24, 2.45) is 10.3 Å². The van der Waals surface area contributed by atoms with Gasteiger partial charge in [-0.3, -0.25) is 14.3 Å². The van der Waals surface area contributed by atoms with E-state index >= 15 is 0 Å². The average molecular weight is 489 g/mol. The number of carbonyl (C=O) groups excluding carboxylic acids is 3. The smallest absolute Gasteiger partial charge is 0.408 e. The number of nitrogens with one attached hydrogen (secondary N) is 2. The molecule has 0 aliphatic rings. The third kappa shape index (κ3) is 9.97. The highest BCUT2D eigenvalue weighted by Crippen LogP contribution is 2.19. The maximum absolute atomic E-state index is 13.7. The Morgan fingerprint density at radius 2 is 1.84 bits per heavy atom. The Hall–Kier alpha value is -2.17. The Balaban J connectivity index is 3.37. The molecule has 1 aromatic carbocycles. The largest absolute Gasteiger partial charge is 0.444 e. The number of halogens is 1. The molecule has 0 aliphatic carbocycles. The number of hydrogen-bond donors (Lipinski definition) is 2. The molecule has 0 aromatic heterocycles. The number of carbonyl (C=O) groups is 3. The lowest BCUT2D eigenvalue weighted by Gasteiger charge is -2.23. The molecular weight excluding hydrogens is 456 g/mol. The van der Waals surface area contributed by atoms with E-state index in [0.717, 1.165) is 0 Å². The van der Waals surface area contributed by atoms with Crippen LogP contribution in [0.2, 0.25) is 5.02 Å². The Bertz CT molecular complexity index is 950. The van der Waals surface area contributed by atoms with Gasteiger partial charge in [0.1, 0.15) is 11.6 Å². The van der Waals surface area contributed by atoms with E-state index in [9.17, 15) is 18.6 Å². The van der Waals surface area contributed by atoms with Gasteiger partial charge < -0.3 is 15.0 Å². The summed E-state index contributed by atoms with van der Waals surface area (Å²) in [6.07, 6.45) is -0.559. The number of alkyl carbamates (subject to hydrolysis) is 1. The fourth-order valence-electron chi connectivity index (χ4n) is 2.58. The van der Waals surface area contributed by atoms with Gasteiger partial charge in [0.2, 0.25) is 5.91 Å². The first-order valence-corrected chi connectivity index (χ1v) is 12.0. The van der Waals surface area contributed by atoms with Crippen molar-refractivity contribution in [1.29, 1.82) is 0 Å². The maximum Gasteiger partial charge on any atom is 0.408 e. The van der Waals surface area contributed by atoms with Gasteiger partial charge in [0.05, 0.1) is 11.4 Å². The highest BCUT2D eigenvalue weighted by molar-refractivity contribution is 7.92. The van der Waals surface area contributed by atoms with Crippen LogP contribution in [-0.2, 0) is 24.2 Å². The molecule has 32 heavy (non-hydrogen) atoms. The molecule has 1 unspecified atom stereocenters. The van der Waals surface area contributed by atoms with Crippen LogP contribution in [0.1, 0.15) is 41.0 Å². The number of ether oxygens (including phenoxy) is 1. The average Bonchev–Trinajstić information content (AvgIpc) is 2.58.